The molecule has 2 aromatic rings. The summed E-state index contributed by atoms with van der Waals surface area (Å²) in [4.78, 5) is 0. The Morgan fingerprint density at radius 1 is 0.905 bits per heavy atom. The smallest absolute Gasteiger partial charge is 0.0475 e. The third-order valence-electron chi connectivity index (χ3n) is 4.74. The fourth-order valence-corrected chi connectivity index (χ4v) is 3.44. The average Bonchev–Trinajstić information content (AvgIpc) is 2.57. The first-order valence-corrected chi connectivity index (χ1v) is 7.74. The first-order chi connectivity index (χ1) is 10.3. The Balaban J connectivity index is 1.88. The molecule has 0 spiro atoms. The van der Waals surface area contributed by atoms with E-state index in [0.717, 1.165) is 32.5 Å². The largest absolute Gasteiger partial charge is 0.381 e. The van der Waals surface area contributed by atoms with E-state index in [-0.39, 0.29) is 11.5 Å². The molecule has 1 unspecified atom stereocenters. The van der Waals surface area contributed by atoms with Gasteiger partial charge < -0.3 is 10.5 Å². The Morgan fingerprint density at radius 2 is 1.48 bits per heavy atom. The van der Waals surface area contributed by atoms with E-state index in [2.05, 4.69) is 60.7 Å². The minimum atomic E-state index is 0.0371. The van der Waals surface area contributed by atoms with E-state index in [4.69, 9.17) is 10.5 Å². The predicted molar refractivity (Wildman–Crippen MR) is 86.3 cm³/mol. The summed E-state index contributed by atoms with van der Waals surface area (Å²) in [6.45, 7) is 1.61. The van der Waals surface area contributed by atoms with Crippen molar-refractivity contribution in [1.82, 2.24) is 0 Å². The fourth-order valence-electron chi connectivity index (χ4n) is 3.44. The molecule has 21 heavy (non-hydrogen) atoms. The van der Waals surface area contributed by atoms with Crippen LogP contribution in [0.4, 0.5) is 0 Å². The van der Waals surface area contributed by atoms with Gasteiger partial charge in [0.2, 0.25) is 0 Å². The molecule has 1 fully saturated rings. The number of benzene rings is 2. The summed E-state index contributed by atoms with van der Waals surface area (Å²) in [7, 11) is 0. The molecule has 2 N–H and O–H groups in total. The molecule has 2 heteroatoms. The molecule has 2 nitrogen and oxygen atoms in total. The molecule has 2 aromatic carbocycles. The zero-order valence-electron chi connectivity index (χ0n) is 12.4. The second-order valence-corrected chi connectivity index (χ2v) is 5.93. The standard InChI is InChI=1S/C19H23NO/c20-18(15-16-7-3-1-4-8-16)19(11-13-21-14-12-19)17-9-5-2-6-10-17/h1-10,18H,11-15,20H2. The average molecular weight is 281 g/mol. The predicted octanol–water partition coefficient (Wildman–Crippen LogP) is 3.30. The zero-order valence-corrected chi connectivity index (χ0v) is 12.4. The number of rotatable bonds is 4. The second-order valence-electron chi connectivity index (χ2n) is 5.93. The summed E-state index contributed by atoms with van der Waals surface area (Å²) in [6, 6.07) is 21.4. The molecule has 0 radical (unpaired) electrons. The van der Waals surface area contributed by atoms with E-state index in [1.807, 2.05) is 0 Å². The van der Waals surface area contributed by atoms with Gasteiger partial charge >= 0.3 is 0 Å². The molecule has 1 aliphatic heterocycles. The van der Waals surface area contributed by atoms with Gasteiger partial charge in [0.15, 0.2) is 0 Å². The molecular formula is C19H23NO. The molecule has 0 bridgehead atoms. The van der Waals surface area contributed by atoms with E-state index in [1.165, 1.54) is 11.1 Å². The summed E-state index contributed by atoms with van der Waals surface area (Å²) in [5.74, 6) is 0. The Labute approximate surface area is 126 Å². The lowest BCUT2D eigenvalue weighted by atomic mass is 9.67. The van der Waals surface area contributed by atoms with Crippen molar-refractivity contribution in [3.63, 3.8) is 0 Å². The van der Waals surface area contributed by atoms with Crippen LogP contribution in [0.5, 0.6) is 0 Å². The molecule has 1 saturated heterocycles. The topological polar surface area (TPSA) is 35.2 Å². The Hall–Kier alpha value is -1.64. The maximum Gasteiger partial charge on any atom is 0.0475 e. The monoisotopic (exact) mass is 281 g/mol. The van der Waals surface area contributed by atoms with Gasteiger partial charge in [0, 0.05) is 24.7 Å². The van der Waals surface area contributed by atoms with Gasteiger partial charge in [0.05, 0.1) is 0 Å². The highest BCUT2D eigenvalue weighted by Crippen LogP contribution is 2.38. The minimum absolute atomic E-state index is 0.0371. The van der Waals surface area contributed by atoms with Crippen LogP contribution in [0.3, 0.4) is 0 Å². The van der Waals surface area contributed by atoms with Crippen molar-refractivity contribution < 1.29 is 4.74 Å². The molecule has 110 valence electrons. The second kappa shape index (κ2) is 6.42. The van der Waals surface area contributed by atoms with Crippen LogP contribution in [-0.2, 0) is 16.6 Å². The van der Waals surface area contributed by atoms with Crippen molar-refractivity contribution >= 4 is 0 Å². The van der Waals surface area contributed by atoms with Gasteiger partial charge in [-0.3, -0.25) is 0 Å². The molecule has 1 atom stereocenters. The van der Waals surface area contributed by atoms with Gasteiger partial charge in [0.1, 0.15) is 0 Å². The van der Waals surface area contributed by atoms with Crippen molar-refractivity contribution in [2.75, 3.05) is 13.2 Å². The van der Waals surface area contributed by atoms with Crippen LogP contribution in [0.25, 0.3) is 0 Å². The highest BCUT2D eigenvalue weighted by atomic mass is 16.5. The summed E-state index contributed by atoms with van der Waals surface area (Å²) in [5.41, 5.74) is 9.40. The van der Waals surface area contributed by atoms with Gasteiger partial charge in [-0.05, 0) is 30.4 Å². The quantitative estimate of drug-likeness (QED) is 0.933. The van der Waals surface area contributed by atoms with Gasteiger partial charge in [-0.15, -0.1) is 0 Å². The summed E-state index contributed by atoms with van der Waals surface area (Å²) < 4.78 is 5.59. The lowest BCUT2D eigenvalue weighted by Gasteiger charge is -2.42. The van der Waals surface area contributed by atoms with E-state index >= 15 is 0 Å². The van der Waals surface area contributed by atoms with Gasteiger partial charge in [-0.2, -0.15) is 0 Å². The van der Waals surface area contributed by atoms with Crippen LogP contribution < -0.4 is 5.73 Å². The molecule has 0 saturated carbocycles. The summed E-state index contributed by atoms with van der Waals surface area (Å²) in [6.07, 6.45) is 2.92. The molecule has 0 amide bonds. The molecule has 1 aliphatic rings. The fraction of sp³-hybridized carbons (Fsp3) is 0.368. The molecule has 0 aromatic heterocycles. The Bertz CT molecular complexity index is 546. The molecule has 3 rings (SSSR count). The van der Waals surface area contributed by atoms with Crippen molar-refractivity contribution in [3.8, 4) is 0 Å². The molecular weight excluding hydrogens is 258 g/mol. The van der Waals surface area contributed by atoms with Gasteiger partial charge in [0.25, 0.3) is 0 Å². The normalized spacial score (nSPS) is 19.1. The molecule has 0 aliphatic carbocycles. The summed E-state index contributed by atoms with van der Waals surface area (Å²) >= 11 is 0. The van der Waals surface area contributed by atoms with Crippen molar-refractivity contribution in [3.05, 3.63) is 71.8 Å². The van der Waals surface area contributed by atoms with E-state index < -0.39 is 0 Å². The lowest BCUT2D eigenvalue weighted by Crippen LogP contribution is -2.50. The number of hydrogen-bond acceptors (Lipinski definition) is 2. The first kappa shape index (κ1) is 14.3. The van der Waals surface area contributed by atoms with E-state index in [1.54, 1.807) is 0 Å². The van der Waals surface area contributed by atoms with Crippen LogP contribution in [0, 0.1) is 0 Å². The zero-order chi connectivity index (χ0) is 14.5. The van der Waals surface area contributed by atoms with Crippen molar-refractivity contribution in [2.45, 2.75) is 30.7 Å². The number of nitrogens with two attached hydrogens (primary N) is 1. The molecule has 1 heterocycles. The van der Waals surface area contributed by atoms with E-state index in [0.29, 0.717) is 0 Å². The Morgan fingerprint density at radius 3 is 2.10 bits per heavy atom. The Kier molecular flexibility index (Phi) is 4.37. The number of hydrogen-bond donors (Lipinski definition) is 1. The van der Waals surface area contributed by atoms with Crippen LogP contribution in [0.15, 0.2) is 60.7 Å². The highest BCUT2D eigenvalue weighted by Gasteiger charge is 2.39. The third kappa shape index (κ3) is 3.02. The maximum atomic E-state index is 6.69. The van der Waals surface area contributed by atoms with Gasteiger partial charge in [-0.25, -0.2) is 0 Å². The third-order valence-corrected chi connectivity index (χ3v) is 4.74. The van der Waals surface area contributed by atoms with Crippen LogP contribution in [-0.4, -0.2) is 19.3 Å². The van der Waals surface area contributed by atoms with E-state index in [9.17, 15) is 0 Å². The van der Waals surface area contributed by atoms with Gasteiger partial charge in [-0.1, -0.05) is 60.7 Å². The first-order valence-electron chi connectivity index (χ1n) is 7.74. The van der Waals surface area contributed by atoms with Crippen molar-refractivity contribution in [1.29, 1.82) is 0 Å². The van der Waals surface area contributed by atoms with Crippen molar-refractivity contribution in [2.24, 2.45) is 5.73 Å². The summed E-state index contributed by atoms with van der Waals surface area (Å²) in [5, 5.41) is 0. The highest BCUT2D eigenvalue weighted by molar-refractivity contribution is 5.30. The number of ether oxygens (including phenoxy) is 1. The lowest BCUT2D eigenvalue weighted by molar-refractivity contribution is 0.0400. The SMILES string of the molecule is NC(Cc1ccccc1)C1(c2ccccc2)CCOCC1. The van der Waals surface area contributed by atoms with Crippen LogP contribution >= 0.6 is 0 Å². The van der Waals surface area contributed by atoms with Crippen LogP contribution in [0.2, 0.25) is 0 Å². The minimum Gasteiger partial charge on any atom is -0.381 e. The van der Waals surface area contributed by atoms with Crippen LogP contribution in [0.1, 0.15) is 24.0 Å². The maximum absolute atomic E-state index is 6.69.